The fourth-order valence-electron chi connectivity index (χ4n) is 3.69. The van der Waals surface area contributed by atoms with Gasteiger partial charge in [-0.05, 0) is 42.3 Å². The first-order valence-corrected chi connectivity index (χ1v) is 9.81. The molecule has 0 saturated heterocycles. The van der Waals surface area contributed by atoms with Crippen molar-refractivity contribution in [1.29, 1.82) is 0 Å². The number of benzene rings is 1. The Labute approximate surface area is 165 Å². The summed E-state index contributed by atoms with van der Waals surface area (Å²) in [6, 6.07) is 13.8. The third kappa shape index (κ3) is 5.07. The number of carbonyl (C=O) groups excluding carboxylic acids is 1. The number of rotatable bonds is 7. The van der Waals surface area contributed by atoms with Crippen molar-refractivity contribution in [1.82, 2.24) is 4.90 Å². The van der Waals surface area contributed by atoms with Gasteiger partial charge in [-0.25, -0.2) is 0 Å². The fraction of sp³-hybridized carbons (Fsp3) is 0.450. The van der Waals surface area contributed by atoms with E-state index in [-0.39, 0.29) is 30.2 Å². The van der Waals surface area contributed by atoms with Crippen molar-refractivity contribution in [3.8, 4) is 0 Å². The van der Waals surface area contributed by atoms with E-state index in [1.165, 1.54) is 11.3 Å². The van der Waals surface area contributed by atoms with Gasteiger partial charge in [0.05, 0.1) is 6.54 Å². The van der Waals surface area contributed by atoms with E-state index in [9.17, 15) is 9.90 Å². The third-order valence-electron chi connectivity index (χ3n) is 5.07. The van der Waals surface area contributed by atoms with Gasteiger partial charge in [-0.3, -0.25) is 4.79 Å². The van der Waals surface area contributed by atoms with Gasteiger partial charge in [0.25, 0.3) is 0 Å². The van der Waals surface area contributed by atoms with Gasteiger partial charge in [0.15, 0.2) is 0 Å². The molecule has 1 heterocycles. The van der Waals surface area contributed by atoms with Crippen molar-refractivity contribution >= 4 is 29.7 Å². The van der Waals surface area contributed by atoms with Crippen molar-refractivity contribution in [2.24, 2.45) is 17.6 Å². The highest BCUT2D eigenvalue weighted by molar-refractivity contribution is 7.10. The number of thiophene rings is 1. The standard InChI is InChI=1S/C20H26N2O2S.ClH/c21-12-16-8-4-9-17(16)20(24)22(13-15-6-2-1-3-7-15)14-18(23)19-10-5-11-25-19;/h1-3,5-7,10-11,16-18,23H,4,8-9,12-14,21H2;1H/t16-,17-,18?;/m1./s1. The minimum Gasteiger partial charge on any atom is -0.386 e. The lowest BCUT2D eigenvalue weighted by Crippen LogP contribution is -2.40. The van der Waals surface area contributed by atoms with Crippen LogP contribution < -0.4 is 5.73 Å². The third-order valence-corrected chi connectivity index (χ3v) is 6.05. The molecule has 1 amide bonds. The Balaban J connectivity index is 0.00000243. The molecule has 1 aromatic carbocycles. The van der Waals surface area contributed by atoms with E-state index >= 15 is 0 Å². The monoisotopic (exact) mass is 394 g/mol. The molecule has 1 aromatic heterocycles. The average molecular weight is 395 g/mol. The summed E-state index contributed by atoms with van der Waals surface area (Å²) in [6.07, 6.45) is 2.34. The maximum absolute atomic E-state index is 13.2. The summed E-state index contributed by atoms with van der Waals surface area (Å²) in [4.78, 5) is 15.9. The fourth-order valence-corrected chi connectivity index (χ4v) is 4.40. The number of aliphatic hydroxyl groups is 1. The minimum absolute atomic E-state index is 0. The van der Waals surface area contributed by atoms with Crippen LogP contribution in [-0.4, -0.2) is 29.0 Å². The number of halogens is 1. The molecule has 2 aromatic rings. The quantitative estimate of drug-likeness (QED) is 0.753. The number of nitrogens with two attached hydrogens (primary N) is 1. The van der Waals surface area contributed by atoms with E-state index < -0.39 is 6.10 Å². The van der Waals surface area contributed by atoms with E-state index in [0.29, 0.717) is 19.6 Å². The smallest absolute Gasteiger partial charge is 0.226 e. The van der Waals surface area contributed by atoms with E-state index in [1.807, 2.05) is 52.7 Å². The topological polar surface area (TPSA) is 66.6 Å². The summed E-state index contributed by atoms with van der Waals surface area (Å²) in [5.41, 5.74) is 6.95. The van der Waals surface area contributed by atoms with Crippen LogP contribution in [0.25, 0.3) is 0 Å². The Hall–Kier alpha value is -1.40. The Morgan fingerprint density at radius 3 is 2.65 bits per heavy atom. The molecule has 0 spiro atoms. The number of hydrogen-bond donors (Lipinski definition) is 2. The normalized spacial score (nSPS) is 20.4. The summed E-state index contributed by atoms with van der Waals surface area (Å²) in [7, 11) is 0. The summed E-state index contributed by atoms with van der Waals surface area (Å²) >= 11 is 1.52. The Bertz CT molecular complexity index is 666. The molecular formula is C20H27ClN2O2S. The summed E-state index contributed by atoms with van der Waals surface area (Å²) < 4.78 is 0. The lowest BCUT2D eigenvalue weighted by Gasteiger charge is -2.30. The van der Waals surface area contributed by atoms with Crippen molar-refractivity contribution in [2.45, 2.75) is 31.9 Å². The second-order valence-corrected chi connectivity index (χ2v) is 7.75. The van der Waals surface area contributed by atoms with E-state index in [0.717, 1.165) is 29.7 Å². The van der Waals surface area contributed by atoms with Crippen LogP contribution in [0.15, 0.2) is 47.8 Å². The predicted octanol–water partition coefficient (Wildman–Crippen LogP) is 3.61. The molecule has 0 radical (unpaired) electrons. The number of carbonyl (C=O) groups is 1. The molecule has 1 aliphatic rings. The zero-order valence-electron chi connectivity index (χ0n) is 14.8. The van der Waals surface area contributed by atoms with E-state index in [1.54, 1.807) is 0 Å². The Morgan fingerprint density at radius 2 is 2.00 bits per heavy atom. The van der Waals surface area contributed by atoms with E-state index in [2.05, 4.69) is 0 Å². The molecule has 26 heavy (non-hydrogen) atoms. The molecular weight excluding hydrogens is 368 g/mol. The summed E-state index contributed by atoms with van der Waals surface area (Å²) in [5.74, 6) is 0.390. The van der Waals surface area contributed by atoms with Gasteiger partial charge in [-0.2, -0.15) is 0 Å². The minimum atomic E-state index is -0.648. The Kier molecular flexibility index (Phi) is 8.10. The van der Waals surface area contributed by atoms with Crippen molar-refractivity contribution in [3.63, 3.8) is 0 Å². The van der Waals surface area contributed by atoms with Crippen LogP contribution in [-0.2, 0) is 11.3 Å². The highest BCUT2D eigenvalue weighted by Crippen LogP contribution is 2.33. The van der Waals surface area contributed by atoms with Gasteiger partial charge in [0, 0.05) is 17.3 Å². The lowest BCUT2D eigenvalue weighted by atomic mass is 9.94. The predicted molar refractivity (Wildman–Crippen MR) is 108 cm³/mol. The summed E-state index contributed by atoms with van der Waals surface area (Å²) in [6.45, 7) is 1.40. The molecule has 1 unspecified atom stereocenters. The molecule has 0 bridgehead atoms. The molecule has 3 rings (SSSR count). The first-order valence-electron chi connectivity index (χ1n) is 8.93. The highest BCUT2D eigenvalue weighted by Gasteiger charge is 2.35. The number of hydrogen-bond acceptors (Lipinski definition) is 4. The molecule has 0 aliphatic heterocycles. The van der Waals surface area contributed by atoms with Gasteiger partial charge >= 0.3 is 0 Å². The van der Waals surface area contributed by atoms with Crippen LogP contribution in [0, 0.1) is 11.8 Å². The SMILES string of the molecule is Cl.NC[C@H]1CCC[C@H]1C(=O)N(Cc1ccccc1)CC(O)c1cccs1. The average Bonchev–Trinajstić information content (AvgIpc) is 3.32. The zero-order valence-corrected chi connectivity index (χ0v) is 16.4. The van der Waals surface area contributed by atoms with Gasteiger partial charge in [-0.1, -0.05) is 42.8 Å². The molecule has 6 heteroatoms. The first-order chi connectivity index (χ1) is 12.2. The van der Waals surface area contributed by atoms with Crippen molar-refractivity contribution < 1.29 is 9.90 Å². The molecule has 1 fully saturated rings. The molecule has 3 N–H and O–H groups in total. The van der Waals surface area contributed by atoms with Crippen molar-refractivity contribution in [3.05, 3.63) is 58.3 Å². The number of nitrogens with zero attached hydrogens (tertiary/aromatic N) is 1. The summed E-state index contributed by atoms with van der Waals surface area (Å²) in [5, 5.41) is 12.5. The second kappa shape index (κ2) is 10.1. The van der Waals surface area contributed by atoms with Crippen LogP contribution in [0.5, 0.6) is 0 Å². The molecule has 3 atom stereocenters. The van der Waals surface area contributed by atoms with Crippen LogP contribution in [0.3, 0.4) is 0 Å². The van der Waals surface area contributed by atoms with Crippen molar-refractivity contribution in [2.75, 3.05) is 13.1 Å². The van der Waals surface area contributed by atoms with Gasteiger partial charge in [-0.15, -0.1) is 23.7 Å². The van der Waals surface area contributed by atoms with Crippen LogP contribution >= 0.6 is 23.7 Å². The Morgan fingerprint density at radius 1 is 1.23 bits per heavy atom. The number of amides is 1. The molecule has 1 saturated carbocycles. The van der Waals surface area contributed by atoms with E-state index in [4.69, 9.17) is 5.73 Å². The largest absolute Gasteiger partial charge is 0.386 e. The van der Waals surface area contributed by atoms with Crippen LogP contribution in [0.4, 0.5) is 0 Å². The highest BCUT2D eigenvalue weighted by atomic mass is 35.5. The maximum Gasteiger partial charge on any atom is 0.226 e. The van der Waals surface area contributed by atoms with Gasteiger partial charge in [0.2, 0.25) is 5.91 Å². The van der Waals surface area contributed by atoms with Crippen LogP contribution in [0.2, 0.25) is 0 Å². The molecule has 1 aliphatic carbocycles. The first kappa shape index (κ1) is 20.9. The van der Waals surface area contributed by atoms with Crippen LogP contribution in [0.1, 0.15) is 35.8 Å². The maximum atomic E-state index is 13.2. The molecule has 142 valence electrons. The number of aliphatic hydroxyl groups excluding tert-OH is 1. The molecule has 4 nitrogen and oxygen atoms in total. The second-order valence-electron chi connectivity index (χ2n) is 6.77. The lowest BCUT2D eigenvalue weighted by molar-refractivity contribution is -0.138. The van der Waals surface area contributed by atoms with Gasteiger partial charge in [0.1, 0.15) is 6.10 Å². The zero-order chi connectivity index (χ0) is 17.6. The van der Waals surface area contributed by atoms with Gasteiger partial charge < -0.3 is 15.7 Å².